The lowest BCUT2D eigenvalue weighted by molar-refractivity contribution is 0.0852. The number of ether oxygens (including phenoxy) is 1. The molecule has 0 saturated carbocycles. The summed E-state index contributed by atoms with van der Waals surface area (Å²) in [6, 6.07) is 0. The minimum atomic E-state index is -0.241. The zero-order valence-electron chi connectivity index (χ0n) is 16.0. The van der Waals surface area contributed by atoms with Crippen LogP contribution in [0.5, 0.6) is 0 Å². The molecular weight excluding hydrogens is 288 g/mol. The van der Waals surface area contributed by atoms with Gasteiger partial charge in [0.2, 0.25) is 0 Å². The molecular formula is C19H40N2O2. The molecule has 0 aromatic heterocycles. The Morgan fingerprint density at radius 2 is 1.61 bits per heavy atom. The molecule has 0 rings (SSSR count). The Kier molecular flexibility index (Phi) is 15.6. The molecule has 0 aromatic rings. The number of rotatable bonds is 15. The molecule has 0 heterocycles. The molecule has 0 aliphatic heterocycles. The number of nitrogens with one attached hydrogen (secondary N) is 1. The fourth-order valence-electron chi connectivity index (χ4n) is 2.66. The zero-order valence-corrected chi connectivity index (χ0v) is 16.0. The van der Waals surface area contributed by atoms with Gasteiger partial charge in [-0.15, -0.1) is 0 Å². The molecule has 0 saturated heterocycles. The summed E-state index contributed by atoms with van der Waals surface area (Å²) in [7, 11) is 2.14. The second-order valence-corrected chi connectivity index (χ2v) is 6.60. The van der Waals surface area contributed by atoms with Crippen LogP contribution in [0, 0.1) is 0 Å². The van der Waals surface area contributed by atoms with Crippen LogP contribution in [0.15, 0.2) is 0 Å². The van der Waals surface area contributed by atoms with E-state index in [0.29, 0.717) is 6.54 Å². The highest BCUT2D eigenvalue weighted by Crippen LogP contribution is 2.13. The molecule has 23 heavy (non-hydrogen) atoms. The second kappa shape index (κ2) is 16.1. The summed E-state index contributed by atoms with van der Waals surface area (Å²) in [5.41, 5.74) is 0. The lowest BCUT2D eigenvalue weighted by Crippen LogP contribution is -2.31. The van der Waals surface area contributed by atoms with Crippen molar-refractivity contribution in [2.45, 2.75) is 91.1 Å². The van der Waals surface area contributed by atoms with Crippen molar-refractivity contribution in [2.75, 3.05) is 26.7 Å². The van der Waals surface area contributed by atoms with E-state index in [4.69, 9.17) is 4.74 Å². The van der Waals surface area contributed by atoms with Crippen molar-refractivity contribution in [3.63, 3.8) is 0 Å². The third kappa shape index (κ3) is 14.5. The SMILES string of the molecule is CCCCCCC(CCC)OC(=O)NCCCN(C)CCCC. The van der Waals surface area contributed by atoms with Crippen molar-refractivity contribution in [3.8, 4) is 0 Å². The van der Waals surface area contributed by atoms with E-state index < -0.39 is 0 Å². The second-order valence-electron chi connectivity index (χ2n) is 6.60. The van der Waals surface area contributed by atoms with Gasteiger partial charge in [0.15, 0.2) is 0 Å². The summed E-state index contributed by atoms with van der Waals surface area (Å²) in [5.74, 6) is 0. The normalized spacial score (nSPS) is 12.4. The van der Waals surface area contributed by atoms with Crippen LogP contribution in [0.2, 0.25) is 0 Å². The van der Waals surface area contributed by atoms with Gasteiger partial charge in [-0.05, 0) is 52.2 Å². The maximum absolute atomic E-state index is 11.9. The number of carbonyl (C=O) groups is 1. The van der Waals surface area contributed by atoms with Gasteiger partial charge >= 0.3 is 6.09 Å². The molecule has 0 aromatic carbocycles. The molecule has 0 aliphatic rings. The molecule has 1 N–H and O–H groups in total. The first-order valence-electron chi connectivity index (χ1n) is 9.76. The Hall–Kier alpha value is -0.770. The average Bonchev–Trinajstić information content (AvgIpc) is 2.53. The largest absolute Gasteiger partial charge is 0.446 e. The van der Waals surface area contributed by atoms with Crippen LogP contribution >= 0.6 is 0 Å². The van der Waals surface area contributed by atoms with Gasteiger partial charge in [-0.25, -0.2) is 4.79 Å². The van der Waals surface area contributed by atoms with Crippen molar-refractivity contribution < 1.29 is 9.53 Å². The highest BCUT2D eigenvalue weighted by atomic mass is 16.6. The van der Waals surface area contributed by atoms with Gasteiger partial charge in [-0.2, -0.15) is 0 Å². The van der Waals surface area contributed by atoms with E-state index in [1.54, 1.807) is 0 Å². The fourth-order valence-corrected chi connectivity index (χ4v) is 2.66. The van der Waals surface area contributed by atoms with Gasteiger partial charge in [0, 0.05) is 6.54 Å². The molecule has 1 unspecified atom stereocenters. The van der Waals surface area contributed by atoms with Gasteiger partial charge in [0.1, 0.15) is 6.10 Å². The van der Waals surface area contributed by atoms with Gasteiger partial charge < -0.3 is 15.0 Å². The van der Waals surface area contributed by atoms with E-state index in [1.807, 2.05) is 0 Å². The summed E-state index contributed by atoms with van der Waals surface area (Å²) in [5, 5.41) is 2.90. The predicted molar refractivity (Wildman–Crippen MR) is 99.0 cm³/mol. The maximum atomic E-state index is 11.9. The third-order valence-electron chi connectivity index (χ3n) is 4.14. The van der Waals surface area contributed by atoms with Gasteiger partial charge in [-0.3, -0.25) is 0 Å². The predicted octanol–water partition coefficient (Wildman–Crippen LogP) is 4.97. The van der Waals surface area contributed by atoms with E-state index in [9.17, 15) is 4.79 Å². The summed E-state index contributed by atoms with van der Waals surface area (Å²) in [6.07, 6.45) is 11.2. The smallest absolute Gasteiger partial charge is 0.407 e. The zero-order chi connectivity index (χ0) is 17.3. The summed E-state index contributed by atoms with van der Waals surface area (Å²) < 4.78 is 5.58. The molecule has 1 amide bonds. The van der Waals surface area contributed by atoms with Crippen LogP contribution < -0.4 is 5.32 Å². The van der Waals surface area contributed by atoms with Crippen molar-refractivity contribution in [1.29, 1.82) is 0 Å². The van der Waals surface area contributed by atoms with Crippen molar-refractivity contribution in [1.82, 2.24) is 10.2 Å². The third-order valence-corrected chi connectivity index (χ3v) is 4.14. The number of alkyl carbamates (subject to hydrolysis) is 1. The highest BCUT2D eigenvalue weighted by molar-refractivity contribution is 5.67. The van der Waals surface area contributed by atoms with Gasteiger partial charge in [-0.1, -0.05) is 52.9 Å². The number of nitrogens with zero attached hydrogens (tertiary/aromatic N) is 1. The van der Waals surface area contributed by atoms with Crippen LogP contribution in [0.4, 0.5) is 4.79 Å². The molecule has 0 fully saturated rings. The Morgan fingerprint density at radius 3 is 2.26 bits per heavy atom. The maximum Gasteiger partial charge on any atom is 0.407 e. The Labute approximate surface area is 144 Å². The monoisotopic (exact) mass is 328 g/mol. The molecule has 4 nitrogen and oxygen atoms in total. The lowest BCUT2D eigenvalue weighted by atomic mass is 10.1. The van der Waals surface area contributed by atoms with Gasteiger partial charge in [0.25, 0.3) is 0 Å². The van der Waals surface area contributed by atoms with Crippen molar-refractivity contribution >= 4 is 6.09 Å². The van der Waals surface area contributed by atoms with E-state index in [0.717, 1.165) is 45.2 Å². The quantitative estimate of drug-likeness (QED) is 0.431. The Morgan fingerprint density at radius 1 is 0.913 bits per heavy atom. The number of hydrogen-bond acceptors (Lipinski definition) is 3. The van der Waals surface area contributed by atoms with Crippen molar-refractivity contribution in [3.05, 3.63) is 0 Å². The minimum absolute atomic E-state index is 0.0871. The van der Waals surface area contributed by atoms with E-state index in [1.165, 1.54) is 32.1 Å². The number of carbonyl (C=O) groups excluding carboxylic acids is 1. The number of hydrogen-bond donors (Lipinski definition) is 1. The van der Waals surface area contributed by atoms with Crippen molar-refractivity contribution in [2.24, 2.45) is 0 Å². The van der Waals surface area contributed by atoms with Crippen LogP contribution in [-0.4, -0.2) is 43.8 Å². The molecule has 0 aliphatic carbocycles. The fraction of sp³-hybridized carbons (Fsp3) is 0.947. The molecule has 0 radical (unpaired) electrons. The first kappa shape index (κ1) is 22.2. The first-order chi connectivity index (χ1) is 11.1. The van der Waals surface area contributed by atoms with E-state index in [-0.39, 0.29) is 12.2 Å². The van der Waals surface area contributed by atoms with Crippen LogP contribution in [0.1, 0.15) is 85.0 Å². The summed E-state index contributed by atoms with van der Waals surface area (Å²) in [6.45, 7) is 9.43. The number of unbranched alkanes of at least 4 members (excludes halogenated alkanes) is 4. The number of amides is 1. The minimum Gasteiger partial charge on any atom is -0.446 e. The van der Waals surface area contributed by atoms with Crippen LogP contribution in [0.25, 0.3) is 0 Å². The lowest BCUT2D eigenvalue weighted by Gasteiger charge is -2.18. The highest BCUT2D eigenvalue weighted by Gasteiger charge is 2.13. The van der Waals surface area contributed by atoms with E-state index >= 15 is 0 Å². The summed E-state index contributed by atoms with van der Waals surface area (Å²) in [4.78, 5) is 14.2. The molecule has 0 spiro atoms. The standard InChI is InChI=1S/C19H40N2O2/c1-5-8-10-11-14-18(13-7-3)23-19(22)20-15-12-17-21(4)16-9-6-2/h18H,5-17H2,1-4H3,(H,20,22). The topological polar surface area (TPSA) is 41.6 Å². The van der Waals surface area contributed by atoms with Gasteiger partial charge in [0.05, 0.1) is 0 Å². The van der Waals surface area contributed by atoms with Crippen LogP contribution in [0.3, 0.4) is 0 Å². The Balaban J connectivity index is 3.77. The first-order valence-corrected chi connectivity index (χ1v) is 9.76. The molecule has 0 bridgehead atoms. The van der Waals surface area contributed by atoms with Crippen LogP contribution in [-0.2, 0) is 4.74 Å². The van der Waals surface area contributed by atoms with E-state index in [2.05, 4.69) is 38.0 Å². The average molecular weight is 329 g/mol. The Bertz CT molecular complexity index is 272. The molecule has 1 atom stereocenters. The molecule has 138 valence electrons. The summed E-state index contributed by atoms with van der Waals surface area (Å²) >= 11 is 0. The molecule has 4 heteroatoms.